The van der Waals surface area contributed by atoms with Crippen molar-refractivity contribution in [1.82, 2.24) is 19.9 Å². The number of benzene rings is 3. The first-order valence-electron chi connectivity index (χ1n) is 13.5. The van der Waals surface area contributed by atoms with Gasteiger partial charge in [0.15, 0.2) is 0 Å². The van der Waals surface area contributed by atoms with E-state index in [0.29, 0.717) is 32.5 Å². The second kappa shape index (κ2) is 13.2. The smallest absolute Gasteiger partial charge is 0.311 e. The number of rotatable bonds is 13. The first-order chi connectivity index (χ1) is 18.9. The predicted molar refractivity (Wildman–Crippen MR) is 155 cm³/mol. The van der Waals surface area contributed by atoms with Crippen molar-refractivity contribution >= 4 is 22.8 Å². The largest absolute Gasteiger partial charge is 0.481 e. The summed E-state index contributed by atoms with van der Waals surface area (Å²) in [5.41, 5.74) is 7.38. The molecule has 0 bridgehead atoms. The van der Waals surface area contributed by atoms with Crippen molar-refractivity contribution in [2.24, 2.45) is 7.05 Å². The Bertz CT molecular complexity index is 1370. The van der Waals surface area contributed by atoms with Crippen LogP contribution in [0.2, 0.25) is 0 Å². The number of carbonyl (C=O) groups excluding carboxylic acids is 1. The molecule has 1 aromatic heterocycles. The predicted octanol–water partition coefficient (Wildman–Crippen LogP) is 4.83. The Labute approximate surface area is 230 Å². The van der Waals surface area contributed by atoms with Crippen LogP contribution in [0.4, 0.5) is 0 Å². The van der Waals surface area contributed by atoms with E-state index in [-0.39, 0.29) is 5.91 Å². The fourth-order valence-corrected chi connectivity index (χ4v) is 5.22. The van der Waals surface area contributed by atoms with Crippen LogP contribution in [0.3, 0.4) is 0 Å². The summed E-state index contributed by atoms with van der Waals surface area (Å²) in [6.07, 6.45) is 2.86. The van der Waals surface area contributed by atoms with Crippen LogP contribution in [0.1, 0.15) is 36.0 Å². The van der Waals surface area contributed by atoms with Crippen molar-refractivity contribution in [2.45, 2.75) is 38.3 Å². The third kappa shape index (κ3) is 6.93. The van der Waals surface area contributed by atoms with Crippen LogP contribution >= 0.6 is 0 Å². The number of fused-ring (bicyclic) bond motifs is 1. The lowest BCUT2D eigenvalue weighted by molar-refractivity contribution is -0.140. The van der Waals surface area contributed by atoms with Gasteiger partial charge in [-0.05, 0) is 35.6 Å². The van der Waals surface area contributed by atoms with Gasteiger partial charge in [-0.1, -0.05) is 85.8 Å². The number of carboxylic acid groups (broad SMARTS) is 1. The minimum absolute atomic E-state index is 0.0147. The highest BCUT2D eigenvalue weighted by atomic mass is 16.4. The van der Waals surface area contributed by atoms with E-state index >= 15 is 0 Å². The topological polar surface area (TPSA) is 77.8 Å². The average Bonchev–Trinajstić information content (AvgIpc) is 3.28. The molecule has 2 atom stereocenters. The number of aryl methyl sites for hydroxylation is 1. The van der Waals surface area contributed by atoms with Gasteiger partial charge in [-0.3, -0.25) is 15.0 Å². The number of carboxylic acids is 1. The Morgan fingerprint density at radius 1 is 0.923 bits per heavy atom. The molecule has 1 heterocycles. The maximum Gasteiger partial charge on any atom is 0.311 e. The molecule has 0 aliphatic carbocycles. The third-order valence-corrected chi connectivity index (χ3v) is 7.26. The van der Waals surface area contributed by atoms with Crippen molar-refractivity contribution in [3.8, 4) is 0 Å². The van der Waals surface area contributed by atoms with Gasteiger partial charge >= 0.3 is 5.97 Å². The number of hydrogen-bond donors (Lipinski definition) is 2. The molecule has 204 valence electrons. The van der Waals surface area contributed by atoms with Crippen molar-refractivity contribution < 1.29 is 14.7 Å². The van der Waals surface area contributed by atoms with Crippen LogP contribution in [0.25, 0.3) is 10.9 Å². The van der Waals surface area contributed by atoms with Gasteiger partial charge in [0.25, 0.3) is 0 Å². The Hall–Kier alpha value is -3.94. The maximum atomic E-state index is 13.8. The second-order valence-corrected chi connectivity index (χ2v) is 9.97. The molecule has 0 fully saturated rings. The van der Waals surface area contributed by atoms with Crippen molar-refractivity contribution in [3.63, 3.8) is 0 Å². The van der Waals surface area contributed by atoms with Gasteiger partial charge in [-0.25, -0.2) is 5.01 Å². The Balaban J connectivity index is 1.50. The zero-order valence-electron chi connectivity index (χ0n) is 23.0. The molecule has 1 amide bonds. The molecule has 0 radical (unpaired) electrons. The van der Waals surface area contributed by atoms with Crippen molar-refractivity contribution in [3.05, 3.63) is 108 Å². The molecule has 0 aliphatic rings. The zero-order valence-corrected chi connectivity index (χ0v) is 23.0. The molecule has 7 nitrogen and oxygen atoms in total. The molecule has 0 spiro atoms. The van der Waals surface area contributed by atoms with E-state index in [1.54, 1.807) is 4.90 Å². The molecule has 3 aromatic carbocycles. The van der Waals surface area contributed by atoms with Crippen molar-refractivity contribution in [2.75, 3.05) is 20.1 Å². The lowest BCUT2D eigenvalue weighted by Crippen LogP contribution is -2.54. The fourth-order valence-electron chi connectivity index (χ4n) is 5.22. The molecule has 2 N–H and O–H groups in total. The van der Waals surface area contributed by atoms with Crippen LogP contribution in [0, 0.1) is 0 Å². The molecule has 0 aliphatic heterocycles. The lowest BCUT2D eigenvalue weighted by atomic mass is 9.95. The number of amides is 1. The van der Waals surface area contributed by atoms with Crippen LogP contribution < -0.4 is 5.43 Å². The summed E-state index contributed by atoms with van der Waals surface area (Å²) in [6.45, 7) is 3.54. The number of hydrogen-bond acceptors (Lipinski definition) is 4. The summed E-state index contributed by atoms with van der Waals surface area (Å²) in [5.74, 6) is -1.50. The van der Waals surface area contributed by atoms with Gasteiger partial charge in [0.2, 0.25) is 5.91 Å². The number of carbonyl (C=O) groups is 2. The quantitative estimate of drug-likeness (QED) is 0.244. The van der Waals surface area contributed by atoms with Crippen LogP contribution in [0.15, 0.2) is 91.1 Å². The van der Waals surface area contributed by atoms with Crippen LogP contribution in [-0.4, -0.2) is 57.6 Å². The number of nitrogens with one attached hydrogen (secondary N) is 1. The van der Waals surface area contributed by atoms with Gasteiger partial charge in [0.05, 0.1) is 5.92 Å². The number of hydrazine groups is 1. The molecular weight excluding hydrogens is 488 g/mol. The van der Waals surface area contributed by atoms with E-state index in [1.807, 2.05) is 122 Å². The highest BCUT2D eigenvalue weighted by Crippen LogP contribution is 2.29. The molecular formula is C32H38N4O3. The number of para-hydroxylation sites is 1. The van der Waals surface area contributed by atoms with E-state index in [4.69, 9.17) is 0 Å². The van der Waals surface area contributed by atoms with Gasteiger partial charge in [0.1, 0.15) is 6.04 Å². The van der Waals surface area contributed by atoms with E-state index in [9.17, 15) is 14.7 Å². The Morgan fingerprint density at radius 2 is 1.54 bits per heavy atom. The summed E-state index contributed by atoms with van der Waals surface area (Å²) in [6, 6.07) is 27.4. The summed E-state index contributed by atoms with van der Waals surface area (Å²) in [7, 11) is 3.77. The summed E-state index contributed by atoms with van der Waals surface area (Å²) in [4.78, 5) is 27.9. The molecule has 0 unspecified atom stereocenters. The molecule has 4 aromatic rings. The van der Waals surface area contributed by atoms with E-state index < -0.39 is 17.9 Å². The highest BCUT2D eigenvalue weighted by Gasteiger charge is 2.29. The second-order valence-electron chi connectivity index (χ2n) is 9.97. The summed E-state index contributed by atoms with van der Waals surface area (Å²) < 4.78 is 1.98. The third-order valence-electron chi connectivity index (χ3n) is 7.26. The fraction of sp³-hybridized carbons (Fsp3) is 0.312. The normalized spacial score (nSPS) is 12.9. The number of aromatic nitrogens is 1. The van der Waals surface area contributed by atoms with Gasteiger partial charge in [-0.2, -0.15) is 0 Å². The standard InChI is InChI=1S/C32H38N4O3/c1-4-36(33-20-19-27(32(38)39)28-23-34(2)29-18-12-11-17-26(28)29)30(21-24-13-7-5-8-14-24)31(37)35(3)22-25-15-9-6-10-16-25/h5-18,23,27,30,33H,4,19-22H2,1-3H3,(H,38,39)/t27-,30-/m0/s1. The van der Waals surface area contributed by atoms with Crippen molar-refractivity contribution in [1.29, 1.82) is 0 Å². The number of aliphatic carboxylic acids is 1. The minimum atomic E-state index is -0.851. The average molecular weight is 527 g/mol. The lowest BCUT2D eigenvalue weighted by Gasteiger charge is -2.33. The highest BCUT2D eigenvalue weighted by molar-refractivity contribution is 5.89. The molecule has 4 rings (SSSR count). The van der Waals surface area contributed by atoms with Gasteiger partial charge < -0.3 is 14.6 Å². The number of nitrogens with zero attached hydrogens (tertiary/aromatic N) is 3. The van der Waals surface area contributed by atoms with Crippen LogP contribution in [0.5, 0.6) is 0 Å². The number of likely N-dealkylation sites (N-methyl/N-ethyl adjacent to an activating group) is 2. The van der Waals surface area contributed by atoms with Gasteiger partial charge in [-0.15, -0.1) is 0 Å². The molecule has 7 heteroatoms. The Kier molecular flexibility index (Phi) is 9.52. The van der Waals surface area contributed by atoms with E-state index in [2.05, 4.69) is 5.43 Å². The zero-order chi connectivity index (χ0) is 27.8. The Morgan fingerprint density at radius 3 is 2.18 bits per heavy atom. The first kappa shape index (κ1) is 28.1. The monoisotopic (exact) mass is 526 g/mol. The summed E-state index contributed by atoms with van der Waals surface area (Å²) in [5, 5.41) is 13.0. The van der Waals surface area contributed by atoms with Gasteiger partial charge in [0, 0.05) is 50.8 Å². The van der Waals surface area contributed by atoms with E-state index in [1.165, 1.54) is 0 Å². The molecule has 0 saturated heterocycles. The molecule has 39 heavy (non-hydrogen) atoms. The van der Waals surface area contributed by atoms with E-state index in [0.717, 1.165) is 27.6 Å². The SMILES string of the molecule is CCN(NCC[C@H](C(=O)O)c1cn(C)c2ccccc12)[C@@H](Cc1ccccc1)C(=O)N(C)Cc1ccccc1. The minimum Gasteiger partial charge on any atom is -0.481 e. The maximum absolute atomic E-state index is 13.8. The molecule has 0 saturated carbocycles. The first-order valence-corrected chi connectivity index (χ1v) is 13.5. The summed E-state index contributed by atoms with van der Waals surface area (Å²) >= 11 is 0. The van der Waals surface area contributed by atoms with Crippen LogP contribution in [-0.2, 0) is 29.6 Å².